The summed E-state index contributed by atoms with van der Waals surface area (Å²) < 4.78 is 6.85. The Morgan fingerprint density at radius 1 is 0.492 bits per heavy atom. The number of hydrogen-bond acceptors (Lipinski definition) is 2. The van der Waals surface area contributed by atoms with Gasteiger partial charge in [0.2, 0.25) is 0 Å². The van der Waals surface area contributed by atoms with E-state index in [1.54, 1.807) is 0 Å². The van der Waals surface area contributed by atoms with Crippen molar-refractivity contribution in [2.45, 2.75) is 38.6 Å². The molecule has 0 saturated heterocycles. The summed E-state index contributed by atoms with van der Waals surface area (Å²) in [6, 6.07) is 73.2. The monoisotopic (exact) mass is 811 g/mol. The summed E-state index contributed by atoms with van der Waals surface area (Å²) in [4.78, 5) is 5.91. The topological polar surface area (TPSA) is 21.6 Å². The lowest BCUT2D eigenvalue weighted by Gasteiger charge is -2.30. The first-order valence-electron chi connectivity index (χ1n) is 22.6. The van der Waals surface area contributed by atoms with E-state index < -0.39 is 0 Å². The highest BCUT2D eigenvalue weighted by molar-refractivity contribution is 6.16. The zero-order valence-corrected chi connectivity index (χ0v) is 35.7. The number of aliphatic imine (C=N–C) groups is 1. The molecule has 2 unspecified atom stereocenters. The molecule has 9 aromatic rings. The van der Waals surface area contributed by atoms with Gasteiger partial charge < -0.3 is 4.74 Å². The average molecular weight is 812 g/mol. The Hall–Kier alpha value is -7.29. The summed E-state index contributed by atoms with van der Waals surface area (Å²) in [6.07, 6.45) is 6.05. The Labute approximate surface area is 370 Å². The number of ether oxygens (including phenoxy) is 1. The molecule has 2 aliphatic heterocycles. The zero-order valence-electron chi connectivity index (χ0n) is 35.7. The van der Waals surface area contributed by atoms with E-state index in [4.69, 9.17) is 9.73 Å². The normalized spacial score (nSPS) is 17.8. The molecule has 63 heavy (non-hydrogen) atoms. The number of benzene rings is 9. The molecule has 0 radical (unpaired) electrons. The van der Waals surface area contributed by atoms with Gasteiger partial charge in [0.05, 0.1) is 12.6 Å². The van der Waals surface area contributed by atoms with Crippen LogP contribution in [0.1, 0.15) is 54.5 Å². The lowest BCUT2D eigenvalue weighted by Crippen LogP contribution is -2.18. The summed E-state index contributed by atoms with van der Waals surface area (Å²) in [7, 11) is 0. The molecule has 304 valence electrons. The van der Waals surface area contributed by atoms with Gasteiger partial charge in [-0.25, -0.2) is 0 Å². The van der Waals surface area contributed by atoms with Gasteiger partial charge in [0.25, 0.3) is 0 Å². The second-order valence-electron chi connectivity index (χ2n) is 17.0. The number of nitrogens with zero attached hydrogens (tertiary/aromatic N) is 1. The van der Waals surface area contributed by atoms with E-state index in [0.717, 1.165) is 37.1 Å². The molecule has 9 aromatic carbocycles. The Balaban J connectivity index is 1.03. The van der Waals surface area contributed by atoms with Crippen LogP contribution in [0, 0.1) is 5.92 Å². The molecule has 2 aliphatic rings. The average Bonchev–Trinajstić information content (AvgIpc) is 3.54. The summed E-state index contributed by atoms with van der Waals surface area (Å²) in [5, 5.41) is 4.93. The Morgan fingerprint density at radius 2 is 1.13 bits per heavy atom. The van der Waals surface area contributed by atoms with Crippen molar-refractivity contribution in [1.29, 1.82) is 0 Å². The van der Waals surface area contributed by atoms with Crippen LogP contribution in [0.25, 0.3) is 71.6 Å². The van der Waals surface area contributed by atoms with Gasteiger partial charge in [-0.2, -0.15) is 0 Å². The van der Waals surface area contributed by atoms with E-state index in [-0.39, 0.29) is 12.0 Å². The molecule has 0 bridgehead atoms. The van der Waals surface area contributed by atoms with E-state index in [9.17, 15) is 0 Å². The quantitative estimate of drug-likeness (QED) is 0.157. The van der Waals surface area contributed by atoms with E-state index in [0.29, 0.717) is 6.61 Å². The van der Waals surface area contributed by atoms with E-state index in [2.05, 4.69) is 213 Å². The molecule has 0 spiro atoms. The van der Waals surface area contributed by atoms with Gasteiger partial charge in [0.15, 0.2) is 0 Å². The van der Waals surface area contributed by atoms with E-state index in [1.165, 1.54) is 93.9 Å². The van der Waals surface area contributed by atoms with Crippen LogP contribution in [0.2, 0.25) is 0 Å². The number of hydrogen-bond donors (Lipinski definition) is 0. The first-order valence-corrected chi connectivity index (χ1v) is 22.6. The molecule has 2 heteroatoms. The molecule has 0 saturated carbocycles. The highest BCUT2D eigenvalue weighted by Gasteiger charge is 2.30. The van der Waals surface area contributed by atoms with Crippen LogP contribution in [-0.4, -0.2) is 12.3 Å². The van der Waals surface area contributed by atoms with Crippen LogP contribution in [-0.2, 0) is 6.42 Å². The van der Waals surface area contributed by atoms with Crippen LogP contribution < -0.4 is 4.74 Å². The Morgan fingerprint density at radius 3 is 1.90 bits per heavy atom. The molecule has 0 N–H and O–H groups in total. The van der Waals surface area contributed by atoms with Gasteiger partial charge in [-0.15, -0.1) is 0 Å². The predicted molar refractivity (Wildman–Crippen MR) is 266 cm³/mol. The maximum absolute atomic E-state index is 6.85. The van der Waals surface area contributed by atoms with Crippen LogP contribution >= 0.6 is 0 Å². The smallest absolute Gasteiger partial charge is 0.128 e. The van der Waals surface area contributed by atoms with E-state index in [1.807, 2.05) is 0 Å². The van der Waals surface area contributed by atoms with Gasteiger partial charge in [0.1, 0.15) is 5.75 Å². The molecular weight excluding hydrogens is 763 g/mol. The SMILES string of the molecule is CCC1/C(c2ccccc2)=C\CC/C(c2cc3c(c4ccccc24)-c2c(cccc2-c2ccc(-c4ccc5ccccc5c4)cc2)CCO3)=N\C1c1ccc(-c2ccccc2)cc1. The minimum Gasteiger partial charge on any atom is -0.493 e. The molecule has 0 fully saturated rings. The minimum atomic E-state index is -0.0648. The lowest BCUT2D eigenvalue weighted by atomic mass is 9.79. The molecule has 0 aliphatic carbocycles. The molecule has 0 amide bonds. The second-order valence-corrected chi connectivity index (χ2v) is 17.0. The lowest BCUT2D eigenvalue weighted by molar-refractivity contribution is 0.327. The molecule has 2 atom stereocenters. The van der Waals surface area contributed by atoms with Crippen molar-refractivity contribution >= 4 is 32.8 Å². The third kappa shape index (κ3) is 7.36. The van der Waals surface area contributed by atoms with Gasteiger partial charge in [0, 0.05) is 29.2 Å². The fourth-order valence-electron chi connectivity index (χ4n) is 10.2. The summed E-state index contributed by atoms with van der Waals surface area (Å²) in [6.45, 7) is 2.94. The molecule has 2 nitrogen and oxygen atoms in total. The van der Waals surface area contributed by atoms with Crippen LogP contribution in [0.4, 0.5) is 0 Å². The van der Waals surface area contributed by atoms with Crippen molar-refractivity contribution in [3.05, 3.63) is 229 Å². The zero-order chi connectivity index (χ0) is 42.1. The standard InChI is InChI=1S/C61H49NO/c1-2-51-52(45-18-7-4-8-19-45)24-14-26-57(62-61(51)48-34-29-43(30-35-48)41-15-5-3-6-16-41)56-40-58-60(55-23-12-11-22-54(55)56)59-47(37-38-63-58)21-13-25-53(59)46-32-27-44(28-33-46)50-36-31-42-17-9-10-20-49(42)39-50/h3-13,15-25,27-36,39-40,51,61H,2,14,26,37-38H2,1H3/b52-24-,62-57+. The maximum atomic E-state index is 6.85. The van der Waals surface area contributed by atoms with Crippen LogP contribution in [0.15, 0.2) is 211 Å². The summed E-state index contributed by atoms with van der Waals surface area (Å²) >= 11 is 0. The fourth-order valence-corrected chi connectivity index (χ4v) is 10.2. The second kappa shape index (κ2) is 16.9. The van der Waals surface area contributed by atoms with E-state index >= 15 is 0 Å². The van der Waals surface area contributed by atoms with Crippen molar-refractivity contribution in [2.24, 2.45) is 10.9 Å². The third-order valence-corrected chi connectivity index (χ3v) is 13.4. The van der Waals surface area contributed by atoms with Crippen molar-refractivity contribution in [3.8, 4) is 50.3 Å². The molecule has 0 aromatic heterocycles. The summed E-state index contributed by atoms with van der Waals surface area (Å²) in [5.41, 5.74) is 17.3. The van der Waals surface area contributed by atoms with Gasteiger partial charge in [-0.3, -0.25) is 4.99 Å². The van der Waals surface area contributed by atoms with Crippen molar-refractivity contribution < 1.29 is 4.74 Å². The van der Waals surface area contributed by atoms with Crippen LogP contribution in [0.3, 0.4) is 0 Å². The number of rotatable bonds is 7. The van der Waals surface area contributed by atoms with Gasteiger partial charge >= 0.3 is 0 Å². The Bertz CT molecular complexity index is 3160. The van der Waals surface area contributed by atoms with Gasteiger partial charge in [-0.1, -0.05) is 201 Å². The first kappa shape index (κ1) is 38.6. The number of allylic oxidation sites excluding steroid dienone is 1. The molecule has 2 heterocycles. The Kier molecular flexibility index (Phi) is 10.3. The van der Waals surface area contributed by atoms with Crippen molar-refractivity contribution in [2.75, 3.05) is 6.61 Å². The van der Waals surface area contributed by atoms with Crippen LogP contribution in [0.5, 0.6) is 5.75 Å². The van der Waals surface area contributed by atoms with Gasteiger partial charge in [-0.05, 0) is 114 Å². The molecular formula is C61H49NO. The highest BCUT2D eigenvalue weighted by atomic mass is 16.5. The highest BCUT2D eigenvalue weighted by Crippen LogP contribution is 2.48. The first-order chi connectivity index (χ1) is 31.2. The third-order valence-electron chi connectivity index (χ3n) is 13.4. The predicted octanol–water partition coefficient (Wildman–Crippen LogP) is 16.0. The maximum Gasteiger partial charge on any atom is 0.128 e. The fraction of sp³-hybridized carbons (Fsp3) is 0.131. The van der Waals surface area contributed by atoms with Crippen molar-refractivity contribution in [3.63, 3.8) is 0 Å². The molecule has 11 rings (SSSR count). The largest absolute Gasteiger partial charge is 0.493 e. The minimum absolute atomic E-state index is 0.0648. The summed E-state index contributed by atoms with van der Waals surface area (Å²) in [5.74, 6) is 1.14. The number of fused-ring (bicyclic) bond motifs is 6. The van der Waals surface area contributed by atoms with Crippen molar-refractivity contribution in [1.82, 2.24) is 0 Å².